The van der Waals surface area contributed by atoms with Gasteiger partial charge in [0.15, 0.2) is 0 Å². The Hall–Kier alpha value is -3.58. The first-order valence-electron chi connectivity index (χ1n) is 13.2. The average Bonchev–Trinajstić information content (AvgIpc) is 3.33. The summed E-state index contributed by atoms with van der Waals surface area (Å²) in [5, 5.41) is 18.2. The van der Waals surface area contributed by atoms with Gasteiger partial charge in [-0.25, -0.2) is 4.79 Å². The van der Waals surface area contributed by atoms with Gasteiger partial charge < -0.3 is 37.5 Å². The number of aromatic nitrogens is 1. The van der Waals surface area contributed by atoms with E-state index in [-0.39, 0.29) is 31.6 Å². The minimum absolute atomic E-state index is 0.136. The number of primary amides is 1. The molecule has 0 saturated carbocycles. The summed E-state index contributed by atoms with van der Waals surface area (Å²) in [6, 6.07) is 3.26. The second-order valence-electron chi connectivity index (χ2n) is 9.79. The van der Waals surface area contributed by atoms with Crippen molar-refractivity contribution in [1.29, 1.82) is 0 Å². The topological polar surface area (TPSA) is 209 Å². The van der Waals surface area contributed by atoms with E-state index in [0.29, 0.717) is 12.2 Å². The SMILES string of the molecule is CCC(C)C(NC(=O)C(CCC(N)=O)NC(=O)C(CCSC)NC(=O)C(N)Cc1c[nH]c2ccccc12)C(=O)O. The monoisotopic (exact) mass is 576 g/mol. The van der Waals surface area contributed by atoms with Crippen molar-refractivity contribution in [3.63, 3.8) is 0 Å². The van der Waals surface area contributed by atoms with E-state index in [4.69, 9.17) is 11.5 Å². The Morgan fingerprint density at radius 1 is 1.00 bits per heavy atom. The van der Waals surface area contributed by atoms with Crippen molar-refractivity contribution in [2.75, 3.05) is 12.0 Å². The summed E-state index contributed by atoms with van der Waals surface area (Å²) < 4.78 is 0. The lowest BCUT2D eigenvalue weighted by Gasteiger charge is -2.26. The van der Waals surface area contributed by atoms with Crippen LogP contribution in [0.1, 0.15) is 45.1 Å². The number of thioether (sulfide) groups is 1. The third-order valence-corrected chi connectivity index (χ3v) is 7.43. The van der Waals surface area contributed by atoms with Crippen LogP contribution < -0.4 is 27.4 Å². The molecular weight excluding hydrogens is 536 g/mol. The average molecular weight is 577 g/mol. The molecule has 12 nitrogen and oxygen atoms in total. The van der Waals surface area contributed by atoms with Crippen LogP contribution in [0.3, 0.4) is 0 Å². The molecule has 0 aliphatic heterocycles. The van der Waals surface area contributed by atoms with E-state index in [0.717, 1.165) is 16.5 Å². The number of nitrogens with one attached hydrogen (secondary N) is 4. The van der Waals surface area contributed by atoms with Gasteiger partial charge in [-0.3, -0.25) is 19.2 Å². The fourth-order valence-electron chi connectivity index (χ4n) is 4.18. The number of carbonyl (C=O) groups is 5. The highest BCUT2D eigenvalue weighted by Crippen LogP contribution is 2.19. The third-order valence-electron chi connectivity index (χ3n) is 6.78. The summed E-state index contributed by atoms with van der Waals surface area (Å²) in [6.45, 7) is 3.48. The van der Waals surface area contributed by atoms with Gasteiger partial charge in [-0.2, -0.15) is 11.8 Å². The highest BCUT2D eigenvalue weighted by Gasteiger charge is 2.32. The lowest BCUT2D eigenvalue weighted by Crippen LogP contribution is -2.58. The molecule has 9 N–H and O–H groups in total. The van der Waals surface area contributed by atoms with E-state index in [1.807, 2.05) is 30.5 Å². The Morgan fingerprint density at radius 2 is 1.62 bits per heavy atom. The maximum atomic E-state index is 13.3. The predicted molar refractivity (Wildman–Crippen MR) is 154 cm³/mol. The quantitative estimate of drug-likeness (QED) is 0.142. The van der Waals surface area contributed by atoms with Crippen LogP contribution in [0.4, 0.5) is 0 Å². The summed E-state index contributed by atoms with van der Waals surface area (Å²) >= 11 is 1.47. The van der Waals surface area contributed by atoms with Gasteiger partial charge in [0, 0.05) is 23.5 Å². The van der Waals surface area contributed by atoms with Crippen LogP contribution in [0.25, 0.3) is 10.9 Å². The molecule has 0 bridgehead atoms. The molecule has 5 unspecified atom stereocenters. The zero-order valence-electron chi connectivity index (χ0n) is 23.1. The zero-order valence-corrected chi connectivity index (χ0v) is 23.9. The van der Waals surface area contributed by atoms with Crippen LogP contribution >= 0.6 is 11.8 Å². The smallest absolute Gasteiger partial charge is 0.326 e. The van der Waals surface area contributed by atoms with Crippen molar-refractivity contribution in [1.82, 2.24) is 20.9 Å². The fourth-order valence-corrected chi connectivity index (χ4v) is 4.65. The largest absolute Gasteiger partial charge is 0.480 e. The second-order valence-corrected chi connectivity index (χ2v) is 10.8. The molecule has 5 atom stereocenters. The van der Waals surface area contributed by atoms with E-state index in [2.05, 4.69) is 20.9 Å². The van der Waals surface area contributed by atoms with Crippen molar-refractivity contribution in [3.05, 3.63) is 36.0 Å². The molecule has 2 aromatic rings. The normalized spacial score (nSPS) is 14.9. The number of fused-ring (bicyclic) bond motifs is 1. The number of aliphatic carboxylic acids is 1. The predicted octanol–water partition coefficient (Wildman–Crippen LogP) is 0.641. The van der Waals surface area contributed by atoms with Gasteiger partial charge in [-0.1, -0.05) is 38.5 Å². The summed E-state index contributed by atoms with van der Waals surface area (Å²) in [4.78, 5) is 65.6. The number of benzene rings is 1. The highest BCUT2D eigenvalue weighted by atomic mass is 32.2. The second kappa shape index (κ2) is 15.9. The van der Waals surface area contributed by atoms with Gasteiger partial charge in [-0.15, -0.1) is 0 Å². The summed E-state index contributed by atoms with van der Waals surface area (Å²) in [5.41, 5.74) is 13.2. The molecule has 0 fully saturated rings. The maximum absolute atomic E-state index is 13.3. The van der Waals surface area contributed by atoms with Crippen molar-refractivity contribution in [3.8, 4) is 0 Å². The molecule has 0 saturated heterocycles. The first kappa shape index (κ1) is 32.6. The molecule has 1 aromatic carbocycles. The molecule has 4 amide bonds. The summed E-state index contributed by atoms with van der Waals surface area (Å²) in [6.07, 6.45) is 4.29. The number of para-hydroxylation sites is 1. The molecule has 2 rings (SSSR count). The van der Waals surface area contributed by atoms with Gasteiger partial charge in [0.2, 0.25) is 23.6 Å². The number of hydrogen-bond acceptors (Lipinski definition) is 7. The van der Waals surface area contributed by atoms with E-state index in [9.17, 15) is 29.1 Å². The molecule has 0 spiro atoms. The van der Waals surface area contributed by atoms with Gasteiger partial charge in [-0.05, 0) is 48.8 Å². The number of carbonyl (C=O) groups excluding carboxylic acids is 4. The van der Waals surface area contributed by atoms with Crippen molar-refractivity contribution < 1.29 is 29.1 Å². The Bertz CT molecular complexity index is 1190. The molecule has 220 valence electrons. The maximum Gasteiger partial charge on any atom is 0.326 e. The summed E-state index contributed by atoms with van der Waals surface area (Å²) in [5.74, 6) is -3.68. The number of carboxylic acid groups (broad SMARTS) is 1. The van der Waals surface area contributed by atoms with Crippen LogP contribution in [0.5, 0.6) is 0 Å². The van der Waals surface area contributed by atoms with E-state index >= 15 is 0 Å². The molecule has 13 heteroatoms. The van der Waals surface area contributed by atoms with Gasteiger partial charge in [0.1, 0.15) is 18.1 Å². The molecule has 1 heterocycles. The van der Waals surface area contributed by atoms with Gasteiger partial charge in [0.25, 0.3) is 0 Å². The minimum atomic E-state index is -1.24. The lowest BCUT2D eigenvalue weighted by molar-refractivity contribution is -0.144. The van der Waals surface area contributed by atoms with Crippen LogP contribution in [0.15, 0.2) is 30.5 Å². The number of hydrogen-bond donors (Lipinski definition) is 7. The van der Waals surface area contributed by atoms with E-state index in [1.165, 1.54) is 11.8 Å². The number of H-pyrrole nitrogens is 1. The Labute approximate surface area is 237 Å². The third kappa shape index (κ3) is 9.56. The first-order chi connectivity index (χ1) is 19.0. The zero-order chi connectivity index (χ0) is 29.8. The Morgan fingerprint density at radius 3 is 2.25 bits per heavy atom. The Kier molecular flexibility index (Phi) is 12.9. The van der Waals surface area contributed by atoms with Crippen LogP contribution in [0, 0.1) is 5.92 Å². The van der Waals surface area contributed by atoms with Crippen molar-refractivity contribution in [2.45, 2.75) is 70.1 Å². The van der Waals surface area contributed by atoms with Crippen molar-refractivity contribution >= 4 is 52.3 Å². The Balaban J connectivity index is 2.15. The van der Waals surface area contributed by atoms with Crippen molar-refractivity contribution in [2.24, 2.45) is 17.4 Å². The fraction of sp³-hybridized carbons (Fsp3) is 0.519. The summed E-state index contributed by atoms with van der Waals surface area (Å²) in [7, 11) is 0. The molecular formula is C27H40N6O6S. The van der Waals surface area contributed by atoms with Gasteiger partial charge in [0.05, 0.1) is 6.04 Å². The number of carboxylic acids is 1. The first-order valence-corrected chi connectivity index (χ1v) is 14.6. The van der Waals surface area contributed by atoms with E-state index < -0.39 is 53.8 Å². The van der Waals surface area contributed by atoms with Crippen LogP contribution in [-0.4, -0.2) is 75.9 Å². The lowest BCUT2D eigenvalue weighted by atomic mass is 9.98. The minimum Gasteiger partial charge on any atom is -0.480 e. The highest BCUT2D eigenvalue weighted by molar-refractivity contribution is 7.98. The number of amides is 4. The van der Waals surface area contributed by atoms with Crippen LogP contribution in [-0.2, 0) is 30.4 Å². The molecule has 0 radical (unpaired) electrons. The number of nitrogens with two attached hydrogens (primary N) is 2. The standard InChI is InChI=1S/C27H40N6O6S/c1-4-15(2)23(27(38)39)33-26(37)20(9-10-22(29)34)32-25(36)21(11-12-40-3)31-24(35)18(28)13-16-14-30-19-8-6-5-7-17(16)19/h5-8,14-15,18,20-21,23,30H,4,9-13,28H2,1-3H3,(H2,29,34)(H,31,35)(H,32,36)(H,33,37)(H,38,39). The molecule has 0 aliphatic carbocycles. The molecule has 0 aliphatic rings. The van der Waals surface area contributed by atoms with Gasteiger partial charge >= 0.3 is 5.97 Å². The van der Waals surface area contributed by atoms with E-state index in [1.54, 1.807) is 20.0 Å². The van der Waals surface area contributed by atoms with Crippen LogP contribution in [0.2, 0.25) is 0 Å². The molecule has 1 aromatic heterocycles. The number of rotatable bonds is 17. The molecule has 40 heavy (non-hydrogen) atoms. The number of aromatic amines is 1.